The number of halogens is 1. The molecule has 0 bridgehead atoms. The van der Waals surface area contributed by atoms with Gasteiger partial charge in [0, 0.05) is 29.7 Å². The Balaban J connectivity index is 0.00000289. The van der Waals surface area contributed by atoms with E-state index in [2.05, 4.69) is 102 Å². The van der Waals surface area contributed by atoms with Crippen LogP contribution in [0.15, 0.2) is 110 Å². The molecule has 2 N–H and O–H groups in total. The van der Waals surface area contributed by atoms with Crippen LogP contribution >= 0.6 is 11.3 Å². The predicted octanol–water partition coefficient (Wildman–Crippen LogP) is 4.70. The van der Waals surface area contributed by atoms with Crippen molar-refractivity contribution in [3.63, 3.8) is 0 Å². The van der Waals surface area contributed by atoms with E-state index in [0.29, 0.717) is 5.92 Å². The van der Waals surface area contributed by atoms with Gasteiger partial charge in [0.25, 0.3) is 5.01 Å². The molecule has 5 aromatic rings. The summed E-state index contributed by atoms with van der Waals surface area (Å²) < 4.78 is 3.69. The molecule has 5 rings (SSSR count). The van der Waals surface area contributed by atoms with Crippen molar-refractivity contribution in [1.82, 2.24) is 0 Å². The van der Waals surface area contributed by atoms with Crippen LogP contribution in [0.3, 0.4) is 0 Å². The van der Waals surface area contributed by atoms with E-state index in [4.69, 9.17) is 5.73 Å². The maximum absolute atomic E-state index is 6.38. The molecule has 0 aliphatic heterocycles. The standard InChI is InChI=1S/C31H29N2S.HI/c1-2-30-33(31-27(18-11-21-29(31)34-30)26-17-9-10-20-28(26)32)22-12-19-25(23-13-5-3-6-14-23)24-15-7-4-8-16-24;/h2-11,13-18,20-21,25H,1,12,19,22,32H2;1H/q+1;/p-1. The van der Waals surface area contributed by atoms with E-state index >= 15 is 0 Å². The Labute approximate surface area is 228 Å². The molecular weight excluding hydrogens is 559 g/mol. The lowest BCUT2D eigenvalue weighted by atomic mass is 9.87. The molecule has 0 spiro atoms. The number of thiazole rings is 1. The summed E-state index contributed by atoms with van der Waals surface area (Å²) in [7, 11) is 0. The van der Waals surface area contributed by atoms with Crippen molar-refractivity contribution in [3.05, 3.63) is 126 Å². The van der Waals surface area contributed by atoms with Crippen LogP contribution in [0.25, 0.3) is 27.4 Å². The fraction of sp³-hybridized carbons (Fsp3) is 0.129. The predicted molar refractivity (Wildman–Crippen MR) is 146 cm³/mol. The summed E-state index contributed by atoms with van der Waals surface area (Å²) >= 11 is 1.79. The van der Waals surface area contributed by atoms with Crippen LogP contribution in [-0.2, 0) is 6.54 Å². The minimum absolute atomic E-state index is 0. The molecule has 0 atom stereocenters. The zero-order valence-corrected chi connectivity index (χ0v) is 22.6. The van der Waals surface area contributed by atoms with Crippen LogP contribution in [0.2, 0.25) is 0 Å². The zero-order chi connectivity index (χ0) is 23.3. The van der Waals surface area contributed by atoms with Crippen molar-refractivity contribution in [2.75, 3.05) is 5.73 Å². The quantitative estimate of drug-likeness (QED) is 0.159. The number of para-hydroxylation sites is 2. The Morgan fingerprint density at radius 2 is 1.37 bits per heavy atom. The number of nitrogens with two attached hydrogens (primary N) is 1. The number of aromatic nitrogens is 1. The van der Waals surface area contributed by atoms with Crippen molar-refractivity contribution in [2.24, 2.45) is 0 Å². The fourth-order valence-corrected chi connectivity index (χ4v) is 5.91. The van der Waals surface area contributed by atoms with Crippen LogP contribution in [0.4, 0.5) is 5.69 Å². The summed E-state index contributed by atoms with van der Waals surface area (Å²) in [5, 5.41) is 1.19. The van der Waals surface area contributed by atoms with E-state index in [-0.39, 0.29) is 24.0 Å². The van der Waals surface area contributed by atoms with E-state index < -0.39 is 0 Å². The minimum Gasteiger partial charge on any atom is -1.00 e. The van der Waals surface area contributed by atoms with Crippen molar-refractivity contribution in [2.45, 2.75) is 25.3 Å². The lowest BCUT2D eigenvalue weighted by Crippen LogP contribution is -3.00. The summed E-state index contributed by atoms with van der Waals surface area (Å²) in [5.74, 6) is 0.379. The number of benzene rings is 4. The van der Waals surface area contributed by atoms with Crippen molar-refractivity contribution in [3.8, 4) is 11.1 Å². The Hall–Kier alpha value is -2.96. The van der Waals surface area contributed by atoms with Gasteiger partial charge in [-0.15, -0.1) is 0 Å². The molecule has 0 radical (unpaired) electrons. The smallest absolute Gasteiger partial charge is 0.262 e. The van der Waals surface area contributed by atoms with Gasteiger partial charge in [-0.05, 0) is 35.7 Å². The Bertz CT molecular complexity index is 1370. The van der Waals surface area contributed by atoms with Gasteiger partial charge in [0.1, 0.15) is 4.70 Å². The number of rotatable bonds is 8. The van der Waals surface area contributed by atoms with Crippen molar-refractivity contribution in [1.29, 1.82) is 0 Å². The van der Waals surface area contributed by atoms with Crippen LogP contribution in [-0.4, -0.2) is 0 Å². The SMILES string of the molecule is C=Cc1sc2cccc(-c3ccccc3N)c2[n+]1CCCC(c1ccccc1)c1ccccc1.[I-]. The maximum atomic E-state index is 6.38. The summed E-state index contributed by atoms with van der Waals surface area (Å²) in [6.07, 6.45) is 4.11. The first-order valence-electron chi connectivity index (χ1n) is 11.8. The third kappa shape index (κ3) is 5.34. The Kier molecular flexibility index (Phi) is 8.37. The third-order valence-corrected chi connectivity index (χ3v) is 7.60. The number of nitrogens with zero attached hydrogens (tertiary/aromatic N) is 1. The molecule has 0 amide bonds. The Morgan fingerprint density at radius 1 is 0.771 bits per heavy atom. The first kappa shape index (κ1) is 25.1. The largest absolute Gasteiger partial charge is 1.00 e. The maximum Gasteiger partial charge on any atom is 0.262 e. The van der Waals surface area contributed by atoms with Gasteiger partial charge < -0.3 is 29.7 Å². The van der Waals surface area contributed by atoms with Crippen LogP contribution in [0.1, 0.15) is 34.9 Å². The molecule has 0 aliphatic carbocycles. The third-order valence-electron chi connectivity index (χ3n) is 6.45. The molecule has 35 heavy (non-hydrogen) atoms. The average Bonchev–Trinajstić information content (AvgIpc) is 3.26. The highest BCUT2D eigenvalue weighted by molar-refractivity contribution is 7.18. The molecule has 4 heteroatoms. The average molecular weight is 589 g/mol. The van der Waals surface area contributed by atoms with Crippen LogP contribution in [0, 0.1) is 0 Å². The molecule has 0 fully saturated rings. The first-order valence-corrected chi connectivity index (χ1v) is 12.6. The van der Waals surface area contributed by atoms with Crippen molar-refractivity contribution < 1.29 is 28.5 Å². The van der Waals surface area contributed by atoms with Crippen LogP contribution in [0.5, 0.6) is 0 Å². The number of hydrogen-bond acceptors (Lipinski definition) is 2. The van der Waals surface area contributed by atoms with Gasteiger partial charge in [-0.1, -0.05) is 103 Å². The van der Waals surface area contributed by atoms with Crippen molar-refractivity contribution >= 4 is 33.3 Å². The number of hydrogen-bond donors (Lipinski definition) is 1. The summed E-state index contributed by atoms with van der Waals surface area (Å²) in [5.41, 5.74) is 13.4. The second kappa shape index (κ2) is 11.6. The van der Waals surface area contributed by atoms with Gasteiger partial charge in [0.15, 0.2) is 6.54 Å². The molecule has 0 saturated heterocycles. The minimum atomic E-state index is 0. The number of anilines is 1. The monoisotopic (exact) mass is 588 g/mol. The number of fused-ring (bicyclic) bond motifs is 1. The van der Waals surface area contributed by atoms with E-state index in [1.807, 2.05) is 18.2 Å². The summed E-state index contributed by atoms with van der Waals surface area (Å²) in [6, 6.07) is 36.3. The second-order valence-electron chi connectivity index (χ2n) is 8.55. The highest BCUT2D eigenvalue weighted by Crippen LogP contribution is 2.34. The lowest BCUT2D eigenvalue weighted by Gasteiger charge is -2.17. The van der Waals surface area contributed by atoms with E-state index in [0.717, 1.165) is 30.6 Å². The highest BCUT2D eigenvalue weighted by atomic mass is 127. The van der Waals surface area contributed by atoms with E-state index in [1.54, 1.807) is 11.3 Å². The lowest BCUT2D eigenvalue weighted by molar-refractivity contribution is -0.669. The normalized spacial score (nSPS) is 10.9. The molecule has 0 unspecified atom stereocenters. The molecular formula is C31H29IN2S. The fourth-order valence-electron chi connectivity index (χ4n) is 4.84. The van der Waals surface area contributed by atoms with Gasteiger partial charge in [0.05, 0.1) is 5.56 Å². The zero-order valence-electron chi connectivity index (χ0n) is 19.6. The van der Waals surface area contributed by atoms with Crippen LogP contribution < -0.4 is 34.3 Å². The second-order valence-corrected chi connectivity index (χ2v) is 9.61. The van der Waals surface area contributed by atoms with E-state index in [1.165, 1.54) is 31.9 Å². The van der Waals surface area contributed by atoms with Gasteiger partial charge in [-0.25, -0.2) is 0 Å². The molecule has 4 aromatic carbocycles. The summed E-state index contributed by atoms with van der Waals surface area (Å²) in [4.78, 5) is 0. The molecule has 0 aliphatic rings. The van der Waals surface area contributed by atoms with Gasteiger partial charge >= 0.3 is 0 Å². The number of aryl methyl sites for hydroxylation is 1. The molecule has 1 heterocycles. The first-order chi connectivity index (χ1) is 16.8. The highest BCUT2D eigenvalue weighted by Gasteiger charge is 2.24. The van der Waals surface area contributed by atoms with E-state index in [9.17, 15) is 0 Å². The number of nitrogen functional groups attached to an aromatic ring is 1. The van der Waals surface area contributed by atoms with Gasteiger partial charge in [-0.2, -0.15) is 4.57 Å². The van der Waals surface area contributed by atoms with Gasteiger partial charge in [0.2, 0.25) is 5.52 Å². The molecule has 176 valence electrons. The Morgan fingerprint density at radius 3 is 2.00 bits per heavy atom. The summed E-state index contributed by atoms with van der Waals surface area (Å²) in [6.45, 7) is 5.04. The van der Waals surface area contributed by atoms with Gasteiger partial charge in [-0.3, -0.25) is 0 Å². The molecule has 0 saturated carbocycles. The molecule has 1 aromatic heterocycles. The topological polar surface area (TPSA) is 29.9 Å². The molecule has 2 nitrogen and oxygen atoms in total.